The Kier molecular flexibility index (Phi) is 9.72. The summed E-state index contributed by atoms with van der Waals surface area (Å²) >= 11 is 0. The molecule has 1 heterocycles. The summed E-state index contributed by atoms with van der Waals surface area (Å²) in [6.07, 6.45) is 0.781. The summed E-state index contributed by atoms with van der Waals surface area (Å²) in [5.74, 6) is -2.68. The van der Waals surface area contributed by atoms with Crippen molar-refractivity contribution < 1.29 is 29.0 Å². The first-order valence-electron chi connectivity index (χ1n) is 12.8. The molecule has 1 aromatic heterocycles. The quantitative estimate of drug-likeness (QED) is 0.384. The number of H-pyrrole nitrogens is 1. The Morgan fingerprint density at radius 2 is 1.68 bits per heavy atom. The molecule has 0 saturated carbocycles. The molecule has 3 atom stereocenters. The van der Waals surface area contributed by atoms with Crippen LogP contribution in [0.2, 0.25) is 0 Å². The van der Waals surface area contributed by atoms with Crippen molar-refractivity contribution in [3.8, 4) is 0 Å². The van der Waals surface area contributed by atoms with Crippen molar-refractivity contribution in [1.29, 1.82) is 0 Å². The second-order valence-corrected chi connectivity index (χ2v) is 12.1. The zero-order chi connectivity index (χ0) is 29.0. The molecule has 1 aromatic carbocycles. The molecule has 0 aliphatic heterocycles. The molecule has 2 rings (SSSR count). The lowest BCUT2D eigenvalue weighted by atomic mass is 9.85. The van der Waals surface area contributed by atoms with Gasteiger partial charge in [0.05, 0.1) is 6.04 Å². The maximum Gasteiger partial charge on any atom is 0.417 e. The fourth-order valence-corrected chi connectivity index (χ4v) is 4.13. The van der Waals surface area contributed by atoms with Crippen LogP contribution in [0, 0.1) is 11.3 Å². The molecule has 2 aromatic rings. The molecular weight excluding hydrogens is 488 g/mol. The summed E-state index contributed by atoms with van der Waals surface area (Å²) in [5.41, 5.74) is 5.58. The van der Waals surface area contributed by atoms with Gasteiger partial charge in [0, 0.05) is 23.5 Å². The Bertz CT molecular complexity index is 1160. The maximum absolute atomic E-state index is 14.0. The second-order valence-electron chi connectivity index (χ2n) is 12.1. The summed E-state index contributed by atoms with van der Waals surface area (Å²) in [7, 11) is 0. The molecule has 210 valence electrons. The van der Waals surface area contributed by atoms with Crippen LogP contribution in [0.5, 0.6) is 0 Å². The van der Waals surface area contributed by atoms with Crippen LogP contribution in [0.4, 0.5) is 4.79 Å². The number of aromatic nitrogens is 1. The number of amides is 3. The lowest BCUT2D eigenvalue weighted by molar-refractivity contribution is -0.152. The highest BCUT2D eigenvalue weighted by molar-refractivity contribution is 6.01. The molecule has 0 unspecified atom stereocenters. The topological polar surface area (TPSA) is 155 Å². The molecular formula is C28H42N4O6. The number of ether oxygens (including phenoxy) is 1. The summed E-state index contributed by atoms with van der Waals surface area (Å²) in [4.78, 5) is 56.7. The number of carboxylic acids is 1. The largest absolute Gasteiger partial charge is 0.480 e. The van der Waals surface area contributed by atoms with Gasteiger partial charge in [0.1, 0.15) is 17.7 Å². The minimum atomic E-state index is -1.59. The average Bonchev–Trinajstić information content (AvgIpc) is 3.17. The Hall–Kier alpha value is -3.40. The van der Waals surface area contributed by atoms with Gasteiger partial charge in [0.15, 0.2) is 0 Å². The molecule has 0 aliphatic carbocycles. The van der Waals surface area contributed by atoms with Crippen LogP contribution >= 0.6 is 0 Å². The van der Waals surface area contributed by atoms with Crippen molar-refractivity contribution in [1.82, 2.24) is 15.2 Å². The van der Waals surface area contributed by atoms with Gasteiger partial charge in [-0.2, -0.15) is 0 Å². The number of nitrogens with zero attached hydrogens (tertiary/aromatic N) is 1. The highest BCUT2D eigenvalue weighted by Gasteiger charge is 2.45. The molecule has 10 nitrogen and oxygen atoms in total. The van der Waals surface area contributed by atoms with E-state index in [-0.39, 0.29) is 12.3 Å². The standard InChI is InChI=1S/C28H42N4O6/c1-16(2)13-19(29)23(33)31-22(27(3,4)5)24(34)32(26(37)38-28(6,7)8)21(25(35)36)14-17-15-30-20-12-10-9-11-18(17)20/h9-12,15-16,19,21-22,30H,13-14,29H2,1-8H3,(H,31,33)(H,35,36)/t19-,21-,22+/m0/s1. The normalized spacial score (nSPS) is 14.6. The SMILES string of the molecule is CC(C)C[C@H](N)C(=O)N[C@H](C(=O)N(C(=O)OC(C)(C)C)[C@@H](Cc1c[nH]c2ccccc12)C(=O)O)C(C)(C)C. The lowest BCUT2D eigenvalue weighted by Crippen LogP contribution is -2.62. The van der Waals surface area contributed by atoms with Crippen LogP contribution in [-0.2, 0) is 25.5 Å². The van der Waals surface area contributed by atoms with E-state index in [0.29, 0.717) is 16.9 Å². The number of carbonyl (C=O) groups is 4. The van der Waals surface area contributed by atoms with Crippen molar-refractivity contribution in [2.24, 2.45) is 17.1 Å². The van der Waals surface area contributed by atoms with Crippen molar-refractivity contribution in [3.05, 3.63) is 36.0 Å². The predicted molar refractivity (Wildman–Crippen MR) is 145 cm³/mol. The molecule has 0 aliphatic rings. The number of fused-ring (bicyclic) bond motifs is 1. The van der Waals surface area contributed by atoms with Crippen LogP contribution in [0.3, 0.4) is 0 Å². The molecule has 38 heavy (non-hydrogen) atoms. The van der Waals surface area contributed by atoms with Crippen molar-refractivity contribution in [3.63, 3.8) is 0 Å². The Morgan fingerprint density at radius 1 is 1.08 bits per heavy atom. The molecule has 0 saturated heterocycles. The number of imide groups is 1. The van der Waals surface area contributed by atoms with Crippen molar-refractivity contribution >= 4 is 34.8 Å². The number of hydrogen-bond acceptors (Lipinski definition) is 6. The number of rotatable bonds is 9. The van der Waals surface area contributed by atoms with Crippen LogP contribution in [0.15, 0.2) is 30.5 Å². The van der Waals surface area contributed by atoms with Gasteiger partial charge < -0.3 is 25.9 Å². The van der Waals surface area contributed by atoms with Gasteiger partial charge in [-0.3, -0.25) is 9.59 Å². The van der Waals surface area contributed by atoms with Crippen LogP contribution in [0.1, 0.15) is 67.4 Å². The van der Waals surface area contributed by atoms with Gasteiger partial charge in [0.25, 0.3) is 5.91 Å². The monoisotopic (exact) mass is 530 g/mol. The number of nitrogens with two attached hydrogens (primary N) is 1. The number of para-hydroxylation sites is 1. The van der Waals surface area contributed by atoms with Gasteiger partial charge in [-0.15, -0.1) is 0 Å². The summed E-state index contributed by atoms with van der Waals surface area (Å²) in [6.45, 7) is 13.9. The number of carboxylic acid groups (broad SMARTS) is 1. The number of carbonyl (C=O) groups excluding carboxylic acids is 3. The third kappa shape index (κ3) is 8.05. The highest BCUT2D eigenvalue weighted by atomic mass is 16.6. The minimum Gasteiger partial charge on any atom is -0.480 e. The molecule has 0 fully saturated rings. The van der Waals surface area contributed by atoms with Crippen LogP contribution in [-0.4, -0.2) is 62.6 Å². The first kappa shape index (κ1) is 30.8. The molecule has 10 heteroatoms. The second kappa shape index (κ2) is 12.0. The highest BCUT2D eigenvalue weighted by Crippen LogP contribution is 2.26. The summed E-state index contributed by atoms with van der Waals surface area (Å²) in [5, 5.41) is 13.7. The number of benzene rings is 1. The first-order valence-corrected chi connectivity index (χ1v) is 12.8. The van der Waals surface area contributed by atoms with Gasteiger partial charge in [0.2, 0.25) is 5.91 Å². The van der Waals surface area contributed by atoms with Gasteiger partial charge in [-0.05, 0) is 50.2 Å². The van der Waals surface area contributed by atoms with E-state index in [4.69, 9.17) is 10.5 Å². The maximum atomic E-state index is 14.0. The molecule has 5 N–H and O–H groups in total. The predicted octanol–water partition coefficient (Wildman–Crippen LogP) is 3.83. The molecule has 0 radical (unpaired) electrons. The number of aliphatic carboxylic acids is 1. The molecule has 3 amide bonds. The Balaban J connectivity index is 2.54. The van der Waals surface area contributed by atoms with E-state index < -0.39 is 53.0 Å². The van der Waals surface area contributed by atoms with Crippen molar-refractivity contribution in [2.75, 3.05) is 0 Å². The van der Waals surface area contributed by atoms with Crippen LogP contribution in [0.25, 0.3) is 10.9 Å². The van der Waals surface area contributed by atoms with E-state index >= 15 is 0 Å². The van der Waals surface area contributed by atoms with Gasteiger partial charge in [-0.25, -0.2) is 14.5 Å². The molecule has 0 spiro atoms. The lowest BCUT2D eigenvalue weighted by Gasteiger charge is -2.37. The first-order chi connectivity index (χ1) is 17.4. The van der Waals surface area contributed by atoms with E-state index in [1.165, 1.54) is 0 Å². The van der Waals surface area contributed by atoms with E-state index in [1.807, 2.05) is 38.1 Å². The summed E-state index contributed by atoms with van der Waals surface area (Å²) < 4.78 is 5.48. The van der Waals surface area contributed by atoms with Crippen LogP contribution < -0.4 is 11.1 Å². The van der Waals surface area contributed by atoms with Gasteiger partial charge in [-0.1, -0.05) is 52.8 Å². The minimum absolute atomic E-state index is 0.144. The Labute approximate surface area is 224 Å². The van der Waals surface area contributed by atoms with E-state index in [0.717, 1.165) is 10.9 Å². The summed E-state index contributed by atoms with van der Waals surface area (Å²) in [6, 6.07) is 3.62. The van der Waals surface area contributed by atoms with Crippen molar-refractivity contribution in [2.45, 2.75) is 92.0 Å². The number of hydrogen-bond donors (Lipinski definition) is 4. The third-order valence-electron chi connectivity index (χ3n) is 5.97. The smallest absolute Gasteiger partial charge is 0.417 e. The Morgan fingerprint density at radius 3 is 2.21 bits per heavy atom. The third-order valence-corrected chi connectivity index (χ3v) is 5.97. The average molecular weight is 531 g/mol. The zero-order valence-electron chi connectivity index (χ0n) is 23.6. The van der Waals surface area contributed by atoms with E-state index in [2.05, 4.69) is 10.3 Å². The fraction of sp³-hybridized carbons (Fsp3) is 0.571. The van der Waals surface area contributed by atoms with E-state index in [1.54, 1.807) is 47.7 Å². The van der Waals surface area contributed by atoms with Gasteiger partial charge >= 0.3 is 12.1 Å². The fourth-order valence-electron chi connectivity index (χ4n) is 4.13. The number of aromatic amines is 1. The van der Waals surface area contributed by atoms with E-state index in [9.17, 15) is 24.3 Å². The number of nitrogens with one attached hydrogen (secondary N) is 2. The molecule has 0 bridgehead atoms. The zero-order valence-corrected chi connectivity index (χ0v) is 23.6.